The quantitative estimate of drug-likeness (QED) is 0.894. The van der Waals surface area contributed by atoms with Gasteiger partial charge in [-0.05, 0) is 56.1 Å². The summed E-state index contributed by atoms with van der Waals surface area (Å²) in [6, 6.07) is 5.79. The van der Waals surface area contributed by atoms with Crippen molar-refractivity contribution in [1.82, 2.24) is 10.0 Å². The summed E-state index contributed by atoms with van der Waals surface area (Å²) in [6.45, 7) is 2.45. The van der Waals surface area contributed by atoms with Crippen LogP contribution in [0.2, 0.25) is 0 Å². The molecule has 2 saturated carbocycles. The van der Waals surface area contributed by atoms with E-state index in [1.165, 1.54) is 31.4 Å². The second kappa shape index (κ2) is 5.91. The second-order valence-corrected chi connectivity index (χ2v) is 8.25. The van der Waals surface area contributed by atoms with Crippen LogP contribution in [-0.4, -0.2) is 21.0 Å². The Morgan fingerprint density at radius 2 is 1.91 bits per heavy atom. The van der Waals surface area contributed by atoms with E-state index in [1.54, 1.807) is 12.1 Å². The molecule has 0 radical (unpaired) electrons. The third kappa shape index (κ3) is 3.27. The first-order valence-electron chi connectivity index (χ1n) is 7.81. The Balaban J connectivity index is 1.53. The second-order valence-electron chi connectivity index (χ2n) is 6.56. The molecule has 3 rings (SSSR count). The molecule has 0 saturated heterocycles. The molecule has 1 aromatic carbocycles. The van der Waals surface area contributed by atoms with Crippen LogP contribution >= 0.6 is 0 Å². The normalized spacial score (nSPS) is 26.9. The number of urea groups is 1. The number of aryl methyl sites for hydroxylation is 1. The highest BCUT2D eigenvalue weighted by Gasteiger charge is 2.39. The Morgan fingerprint density at radius 1 is 1.18 bits per heavy atom. The maximum absolute atomic E-state index is 12.1. The first-order valence-corrected chi connectivity index (χ1v) is 9.29. The molecule has 2 N–H and O–H groups in total. The summed E-state index contributed by atoms with van der Waals surface area (Å²) in [5.41, 5.74) is 0.972. The van der Waals surface area contributed by atoms with Crippen LogP contribution in [0.15, 0.2) is 29.2 Å². The van der Waals surface area contributed by atoms with E-state index in [0.29, 0.717) is 18.4 Å². The van der Waals surface area contributed by atoms with Gasteiger partial charge >= 0.3 is 6.03 Å². The number of nitrogens with one attached hydrogen (secondary N) is 2. The highest BCUT2D eigenvalue weighted by atomic mass is 32.2. The Labute approximate surface area is 131 Å². The lowest BCUT2D eigenvalue weighted by atomic mass is 9.89. The molecule has 3 atom stereocenters. The lowest BCUT2D eigenvalue weighted by Gasteiger charge is -2.21. The highest BCUT2D eigenvalue weighted by molar-refractivity contribution is 7.90. The summed E-state index contributed by atoms with van der Waals surface area (Å²) in [5.74, 6) is 2.03. The maximum atomic E-state index is 12.1. The molecule has 2 bridgehead atoms. The Kier molecular flexibility index (Phi) is 4.12. The molecular weight excluding hydrogens is 300 g/mol. The van der Waals surface area contributed by atoms with Crippen molar-refractivity contribution in [3.8, 4) is 0 Å². The zero-order chi connectivity index (χ0) is 15.7. The van der Waals surface area contributed by atoms with Crippen LogP contribution in [-0.2, 0) is 10.0 Å². The fourth-order valence-corrected chi connectivity index (χ4v) is 4.71. The SMILES string of the molecule is Cc1ccc(S(=O)(=O)NC(=O)NCC2CC3CCC2C3)cc1. The van der Waals surface area contributed by atoms with Gasteiger partial charge in [0.2, 0.25) is 0 Å². The van der Waals surface area contributed by atoms with Crippen LogP contribution in [0.5, 0.6) is 0 Å². The summed E-state index contributed by atoms with van der Waals surface area (Å²) in [4.78, 5) is 12.0. The number of benzene rings is 1. The van der Waals surface area contributed by atoms with Gasteiger partial charge in [0.1, 0.15) is 0 Å². The van der Waals surface area contributed by atoms with Crippen molar-refractivity contribution < 1.29 is 13.2 Å². The van der Waals surface area contributed by atoms with Crippen molar-refractivity contribution >= 4 is 16.1 Å². The molecule has 0 spiro atoms. The van der Waals surface area contributed by atoms with E-state index in [1.807, 2.05) is 6.92 Å². The van der Waals surface area contributed by atoms with Gasteiger partial charge in [-0.3, -0.25) is 0 Å². The van der Waals surface area contributed by atoms with Crippen LogP contribution in [0.3, 0.4) is 0 Å². The predicted octanol–water partition coefficient (Wildman–Crippen LogP) is 2.42. The number of carbonyl (C=O) groups excluding carboxylic acids is 1. The van der Waals surface area contributed by atoms with E-state index >= 15 is 0 Å². The number of rotatable bonds is 4. The lowest BCUT2D eigenvalue weighted by molar-refractivity contribution is 0.239. The predicted molar refractivity (Wildman–Crippen MR) is 83.8 cm³/mol. The van der Waals surface area contributed by atoms with Crippen molar-refractivity contribution in [2.75, 3.05) is 6.54 Å². The monoisotopic (exact) mass is 322 g/mol. The molecule has 1 aromatic rings. The summed E-state index contributed by atoms with van der Waals surface area (Å²) in [7, 11) is -3.79. The molecule has 2 aliphatic rings. The van der Waals surface area contributed by atoms with Gasteiger partial charge in [0.25, 0.3) is 10.0 Å². The minimum absolute atomic E-state index is 0.105. The Morgan fingerprint density at radius 3 is 2.50 bits per heavy atom. The van der Waals surface area contributed by atoms with Gasteiger partial charge in [0.05, 0.1) is 4.90 Å². The summed E-state index contributed by atoms with van der Waals surface area (Å²) in [6.07, 6.45) is 5.00. The molecule has 0 heterocycles. The Hall–Kier alpha value is -1.56. The topological polar surface area (TPSA) is 75.3 Å². The van der Waals surface area contributed by atoms with Crippen LogP contribution in [0, 0.1) is 24.7 Å². The van der Waals surface area contributed by atoms with Crippen molar-refractivity contribution in [2.45, 2.75) is 37.5 Å². The number of amides is 2. The minimum atomic E-state index is -3.79. The number of hydrogen-bond acceptors (Lipinski definition) is 3. The van der Waals surface area contributed by atoms with E-state index in [0.717, 1.165) is 17.9 Å². The van der Waals surface area contributed by atoms with E-state index in [-0.39, 0.29) is 4.90 Å². The highest BCUT2D eigenvalue weighted by Crippen LogP contribution is 2.47. The molecule has 22 heavy (non-hydrogen) atoms. The molecule has 2 amide bonds. The molecular formula is C16H22N2O3S. The van der Waals surface area contributed by atoms with Crippen LogP contribution in [0.1, 0.15) is 31.2 Å². The fraction of sp³-hybridized carbons (Fsp3) is 0.562. The number of fused-ring (bicyclic) bond motifs is 2. The maximum Gasteiger partial charge on any atom is 0.328 e. The number of carbonyl (C=O) groups is 1. The molecule has 2 aliphatic carbocycles. The van der Waals surface area contributed by atoms with Gasteiger partial charge in [-0.25, -0.2) is 17.9 Å². The molecule has 5 nitrogen and oxygen atoms in total. The molecule has 0 aliphatic heterocycles. The minimum Gasteiger partial charge on any atom is -0.337 e. The number of hydrogen-bond donors (Lipinski definition) is 2. The molecule has 6 heteroatoms. The van der Waals surface area contributed by atoms with Gasteiger partial charge in [-0.1, -0.05) is 24.1 Å². The van der Waals surface area contributed by atoms with E-state index in [9.17, 15) is 13.2 Å². The molecule has 0 aromatic heterocycles. The van der Waals surface area contributed by atoms with Crippen LogP contribution in [0.25, 0.3) is 0 Å². The van der Waals surface area contributed by atoms with Gasteiger partial charge < -0.3 is 5.32 Å². The molecule has 120 valence electrons. The van der Waals surface area contributed by atoms with Gasteiger partial charge in [-0.2, -0.15) is 0 Å². The van der Waals surface area contributed by atoms with Crippen LogP contribution < -0.4 is 10.0 Å². The van der Waals surface area contributed by atoms with Gasteiger partial charge in [-0.15, -0.1) is 0 Å². The zero-order valence-corrected chi connectivity index (χ0v) is 13.5. The average Bonchev–Trinajstić information content (AvgIpc) is 3.07. The largest absolute Gasteiger partial charge is 0.337 e. The van der Waals surface area contributed by atoms with Gasteiger partial charge in [0, 0.05) is 6.54 Å². The third-order valence-corrected chi connectivity index (χ3v) is 6.31. The van der Waals surface area contributed by atoms with E-state index in [4.69, 9.17) is 0 Å². The Bertz CT molecular complexity index is 654. The van der Waals surface area contributed by atoms with Crippen molar-refractivity contribution in [1.29, 1.82) is 0 Å². The van der Waals surface area contributed by atoms with E-state index < -0.39 is 16.1 Å². The smallest absolute Gasteiger partial charge is 0.328 e. The lowest BCUT2D eigenvalue weighted by Crippen LogP contribution is -2.42. The van der Waals surface area contributed by atoms with Crippen molar-refractivity contribution in [2.24, 2.45) is 17.8 Å². The first-order chi connectivity index (χ1) is 10.4. The summed E-state index contributed by atoms with van der Waals surface area (Å²) < 4.78 is 26.3. The number of sulfonamides is 1. The zero-order valence-electron chi connectivity index (χ0n) is 12.7. The standard InChI is InChI=1S/C16H22N2O3S/c1-11-2-6-15(7-3-11)22(20,21)18-16(19)17-10-14-9-12-4-5-13(14)8-12/h2-3,6-7,12-14H,4-5,8-10H2,1H3,(H2,17,18,19). The van der Waals surface area contributed by atoms with E-state index in [2.05, 4.69) is 10.0 Å². The molecule has 2 fully saturated rings. The first kappa shape index (κ1) is 15.3. The molecule has 3 unspecified atom stereocenters. The van der Waals surface area contributed by atoms with Crippen molar-refractivity contribution in [3.63, 3.8) is 0 Å². The third-order valence-electron chi connectivity index (χ3n) is 4.97. The summed E-state index contributed by atoms with van der Waals surface area (Å²) in [5, 5.41) is 2.72. The van der Waals surface area contributed by atoms with Crippen molar-refractivity contribution in [3.05, 3.63) is 29.8 Å². The van der Waals surface area contributed by atoms with Crippen LogP contribution in [0.4, 0.5) is 4.79 Å². The summed E-state index contributed by atoms with van der Waals surface area (Å²) >= 11 is 0. The fourth-order valence-electron chi connectivity index (χ4n) is 3.78. The average molecular weight is 322 g/mol. The van der Waals surface area contributed by atoms with Gasteiger partial charge in [0.15, 0.2) is 0 Å².